The fourth-order valence-corrected chi connectivity index (χ4v) is 1.86. The lowest BCUT2D eigenvalue weighted by Gasteiger charge is -2.14. The molecule has 0 radical (unpaired) electrons. The smallest absolute Gasteiger partial charge is 0.232 e. The molecule has 90 valence electrons. The molecule has 0 aliphatic carbocycles. The van der Waals surface area contributed by atoms with Crippen molar-refractivity contribution >= 4 is 17.6 Å². The summed E-state index contributed by atoms with van der Waals surface area (Å²) in [6, 6.07) is 3.69. The lowest BCUT2D eigenvalue weighted by atomic mass is 10.1. The van der Waals surface area contributed by atoms with E-state index in [0.29, 0.717) is 13.0 Å². The summed E-state index contributed by atoms with van der Waals surface area (Å²) in [6.45, 7) is 2.10. The molecular weight excluding hydrogens is 218 g/mol. The lowest BCUT2D eigenvalue weighted by Crippen LogP contribution is -2.29. The number of hydrogen-bond donors (Lipinski definition) is 1. The number of pyridine rings is 1. The third-order valence-corrected chi connectivity index (χ3v) is 2.89. The maximum absolute atomic E-state index is 11.7. The predicted octanol–water partition coefficient (Wildman–Crippen LogP) is 1.02. The van der Waals surface area contributed by atoms with Gasteiger partial charge in [0.25, 0.3) is 0 Å². The van der Waals surface area contributed by atoms with Crippen LogP contribution in [0.3, 0.4) is 0 Å². The molecule has 0 spiro atoms. The summed E-state index contributed by atoms with van der Waals surface area (Å²) >= 11 is 0. The highest BCUT2D eigenvalue weighted by atomic mass is 16.2. The van der Waals surface area contributed by atoms with Gasteiger partial charge in [-0.05, 0) is 11.6 Å². The third kappa shape index (κ3) is 2.27. The minimum atomic E-state index is -0.188. The van der Waals surface area contributed by atoms with Gasteiger partial charge in [-0.1, -0.05) is 13.0 Å². The molecular formula is C12H15N3O2. The first-order valence-corrected chi connectivity index (χ1v) is 5.58. The van der Waals surface area contributed by atoms with Gasteiger partial charge < -0.3 is 5.32 Å². The van der Waals surface area contributed by atoms with E-state index in [9.17, 15) is 9.59 Å². The zero-order valence-corrected chi connectivity index (χ0v) is 9.93. The molecule has 1 unspecified atom stereocenters. The SMILES string of the molecule is CNc1ccc(CN2C(=O)CC(C)C2=O)cn1. The van der Waals surface area contributed by atoms with E-state index in [2.05, 4.69) is 10.3 Å². The van der Waals surface area contributed by atoms with Crippen LogP contribution in [0.1, 0.15) is 18.9 Å². The summed E-state index contributed by atoms with van der Waals surface area (Å²) in [6.07, 6.45) is 2.00. The van der Waals surface area contributed by atoms with Crippen LogP contribution in [0.25, 0.3) is 0 Å². The molecule has 0 bridgehead atoms. The standard InChI is InChI=1S/C12H15N3O2/c1-8-5-11(16)15(12(8)17)7-9-3-4-10(13-2)14-6-9/h3-4,6,8H,5,7H2,1-2H3,(H,13,14). The Hall–Kier alpha value is -1.91. The normalized spacial score (nSPS) is 19.9. The van der Waals surface area contributed by atoms with Gasteiger partial charge in [-0.3, -0.25) is 14.5 Å². The van der Waals surface area contributed by atoms with Crippen molar-refractivity contribution in [1.82, 2.24) is 9.88 Å². The van der Waals surface area contributed by atoms with Crippen LogP contribution in [0.5, 0.6) is 0 Å². The van der Waals surface area contributed by atoms with E-state index >= 15 is 0 Å². The minimum Gasteiger partial charge on any atom is -0.373 e. The number of imide groups is 1. The summed E-state index contributed by atoms with van der Waals surface area (Å²) in [5.74, 6) is 0.390. The summed E-state index contributed by atoms with van der Waals surface area (Å²) in [5.41, 5.74) is 0.861. The maximum atomic E-state index is 11.7. The number of nitrogens with one attached hydrogen (secondary N) is 1. The van der Waals surface area contributed by atoms with Gasteiger partial charge in [0.05, 0.1) is 6.54 Å². The number of likely N-dealkylation sites (tertiary alicyclic amines) is 1. The fourth-order valence-electron chi connectivity index (χ4n) is 1.86. The molecule has 5 nitrogen and oxygen atoms in total. The fraction of sp³-hybridized carbons (Fsp3) is 0.417. The molecule has 1 fully saturated rings. The molecule has 5 heteroatoms. The van der Waals surface area contributed by atoms with Crippen LogP contribution >= 0.6 is 0 Å². The van der Waals surface area contributed by atoms with Crippen LogP contribution in [0, 0.1) is 5.92 Å². The number of anilines is 1. The van der Waals surface area contributed by atoms with Crippen LogP contribution in [0.15, 0.2) is 18.3 Å². The Kier molecular flexibility index (Phi) is 3.08. The van der Waals surface area contributed by atoms with Crippen molar-refractivity contribution in [3.05, 3.63) is 23.9 Å². The van der Waals surface area contributed by atoms with E-state index < -0.39 is 0 Å². The second kappa shape index (κ2) is 4.53. The monoisotopic (exact) mass is 233 g/mol. The third-order valence-electron chi connectivity index (χ3n) is 2.89. The highest BCUT2D eigenvalue weighted by Gasteiger charge is 2.35. The largest absolute Gasteiger partial charge is 0.373 e. The van der Waals surface area contributed by atoms with E-state index in [4.69, 9.17) is 0 Å². The van der Waals surface area contributed by atoms with Crippen molar-refractivity contribution in [2.24, 2.45) is 5.92 Å². The molecule has 1 aliphatic rings. The van der Waals surface area contributed by atoms with Crippen LogP contribution in [-0.2, 0) is 16.1 Å². The Morgan fingerprint density at radius 1 is 1.47 bits per heavy atom. The molecule has 1 atom stereocenters. The Balaban J connectivity index is 2.10. The number of amides is 2. The molecule has 2 heterocycles. The van der Waals surface area contributed by atoms with Crippen LogP contribution in [-0.4, -0.2) is 28.7 Å². The molecule has 2 rings (SSSR count). The number of hydrogen-bond acceptors (Lipinski definition) is 4. The summed E-state index contributed by atoms with van der Waals surface area (Å²) in [4.78, 5) is 28.8. The Labute approximate surface area is 99.8 Å². The molecule has 1 N–H and O–H groups in total. The van der Waals surface area contributed by atoms with Crippen LogP contribution in [0.4, 0.5) is 5.82 Å². The number of aromatic nitrogens is 1. The summed E-state index contributed by atoms with van der Waals surface area (Å²) in [5, 5.41) is 2.91. The van der Waals surface area contributed by atoms with E-state index in [0.717, 1.165) is 11.4 Å². The zero-order chi connectivity index (χ0) is 12.4. The molecule has 1 aromatic heterocycles. The average molecular weight is 233 g/mol. The first-order chi connectivity index (χ1) is 8.11. The van der Waals surface area contributed by atoms with E-state index in [-0.39, 0.29) is 17.7 Å². The number of nitrogens with zero attached hydrogens (tertiary/aromatic N) is 2. The number of carbonyl (C=O) groups excluding carboxylic acids is 2. The van der Waals surface area contributed by atoms with Gasteiger partial charge in [0.15, 0.2) is 0 Å². The van der Waals surface area contributed by atoms with Crippen molar-refractivity contribution < 1.29 is 9.59 Å². The molecule has 2 amide bonds. The minimum absolute atomic E-state index is 0.0901. The van der Waals surface area contributed by atoms with Crippen molar-refractivity contribution in [3.63, 3.8) is 0 Å². The second-order valence-electron chi connectivity index (χ2n) is 4.22. The quantitative estimate of drug-likeness (QED) is 0.792. The topological polar surface area (TPSA) is 62.3 Å². The van der Waals surface area contributed by atoms with E-state index in [1.807, 2.05) is 12.1 Å². The van der Waals surface area contributed by atoms with E-state index in [1.54, 1.807) is 20.2 Å². The average Bonchev–Trinajstić information content (AvgIpc) is 2.57. The van der Waals surface area contributed by atoms with Crippen molar-refractivity contribution in [3.8, 4) is 0 Å². The van der Waals surface area contributed by atoms with Gasteiger partial charge in [-0.2, -0.15) is 0 Å². The number of carbonyl (C=O) groups is 2. The van der Waals surface area contributed by atoms with Gasteiger partial charge in [-0.15, -0.1) is 0 Å². The Morgan fingerprint density at radius 2 is 2.24 bits per heavy atom. The first-order valence-electron chi connectivity index (χ1n) is 5.58. The van der Waals surface area contributed by atoms with Gasteiger partial charge in [0.1, 0.15) is 5.82 Å². The molecule has 1 saturated heterocycles. The van der Waals surface area contributed by atoms with Crippen molar-refractivity contribution in [1.29, 1.82) is 0 Å². The highest BCUT2D eigenvalue weighted by molar-refractivity contribution is 6.03. The lowest BCUT2D eigenvalue weighted by molar-refractivity contribution is -0.139. The van der Waals surface area contributed by atoms with Crippen molar-refractivity contribution in [2.45, 2.75) is 19.9 Å². The molecule has 0 aromatic carbocycles. The van der Waals surface area contributed by atoms with E-state index in [1.165, 1.54) is 4.90 Å². The first kappa shape index (κ1) is 11.6. The molecule has 0 saturated carbocycles. The summed E-state index contributed by atoms with van der Waals surface area (Å²) < 4.78 is 0. The zero-order valence-electron chi connectivity index (χ0n) is 9.93. The predicted molar refractivity (Wildman–Crippen MR) is 63.1 cm³/mol. The second-order valence-corrected chi connectivity index (χ2v) is 4.22. The van der Waals surface area contributed by atoms with Crippen LogP contribution in [0.2, 0.25) is 0 Å². The Morgan fingerprint density at radius 3 is 2.71 bits per heavy atom. The van der Waals surface area contributed by atoms with Crippen molar-refractivity contribution in [2.75, 3.05) is 12.4 Å². The van der Waals surface area contributed by atoms with Gasteiger partial charge in [0.2, 0.25) is 11.8 Å². The number of rotatable bonds is 3. The maximum Gasteiger partial charge on any atom is 0.232 e. The highest BCUT2D eigenvalue weighted by Crippen LogP contribution is 2.21. The van der Waals surface area contributed by atoms with Crippen LogP contribution < -0.4 is 5.32 Å². The molecule has 1 aromatic rings. The van der Waals surface area contributed by atoms with Gasteiger partial charge in [0, 0.05) is 25.6 Å². The van der Waals surface area contributed by atoms with Gasteiger partial charge in [-0.25, -0.2) is 4.98 Å². The Bertz CT molecular complexity index is 442. The van der Waals surface area contributed by atoms with Gasteiger partial charge >= 0.3 is 0 Å². The molecule has 17 heavy (non-hydrogen) atoms. The summed E-state index contributed by atoms with van der Waals surface area (Å²) in [7, 11) is 1.79. The molecule has 1 aliphatic heterocycles.